The molecule has 164 valence electrons. The van der Waals surface area contributed by atoms with Crippen LogP contribution in [-0.4, -0.2) is 26.2 Å². The molecule has 0 amide bonds. The smallest absolute Gasteiger partial charge is 0.310 e. The van der Waals surface area contributed by atoms with E-state index in [1.54, 1.807) is 0 Å². The highest BCUT2D eigenvalue weighted by Gasteiger charge is 2.63. The summed E-state index contributed by atoms with van der Waals surface area (Å²) in [6.45, 7) is 6.71. The molecule has 0 aromatic heterocycles. The van der Waals surface area contributed by atoms with E-state index >= 15 is 0 Å². The number of rotatable bonds is 5. The summed E-state index contributed by atoms with van der Waals surface area (Å²) in [5, 5.41) is 0. The van der Waals surface area contributed by atoms with Gasteiger partial charge in [0, 0.05) is 11.3 Å². The highest BCUT2D eigenvalue weighted by Crippen LogP contribution is 2.63. The zero-order chi connectivity index (χ0) is 22.4. The van der Waals surface area contributed by atoms with Crippen molar-refractivity contribution in [1.29, 1.82) is 0 Å². The van der Waals surface area contributed by atoms with Gasteiger partial charge >= 0.3 is 11.9 Å². The predicted octanol–water partition coefficient (Wildman–Crippen LogP) is 5.23. The molecule has 2 unspecified atom stereocenters. The van der Waals surface area contributed by atoms with E-state index in [0.29, 0.717) is 0 Å². The van der Waals surface area contributed by atoms with Crippen LogP contribution < -0.4 is 0 Å². The quantitative estimate of drug-likeness (QED) is 0.622. The van der Waals surface area contributed by atoms with Gasteiger partial charge in [-0.3, -0.25) is 9.59 Å². The van der Waals surface area contributed by atoms with E-state index in [1.807, 2.05) is 24.3 Å². The first-order valence-corrected chi connectivity index (χ1v) is 11.1. The Morgan fingerprint density at radius 3 is 1.87 bits per heavy atom. The second kappa shape index (κ2) is 7.81. The molecule has 0 spiro atoms. The summed E-state index contributed by atoms with van der Waals surface area (Å²) < 4.78 is 10.6. The number of carbonyl (C=O) groups excluding carboxylic acids is 2. The first-order valence-electron chi connectivity index (χ1n) is 11.1. The molecule has 0 fully saturated rings. The molecule has 0 heterocycles. The number of ether oxygens (including phenoxy) is 2. The zero-order valence-corrected chi connectivity index (χ0v) is 19.1. The molecular formula is C27H32O4. The van der Waals surface area contributed by atoms with Crippen molar-refractivity contribution in [3.63, 3.8) is 0 Å². The van der Waals surface area contributed by atoms with Crippen LogP contribution >= 0.6 is 0 Å². The van der Waals surface area contributed by atoms with Gasteiger partial charge in [-0.05, 0) is 40.5 Å². The van der Waals surface area contributed by atoms with Gasteiger partial charge < -0.3 is 9.47 Å². The second-order valence-corrected chi connectivity index (χ2v) is 10.1. The van der Waals surface area contributed by atoms with Gasteiger partial charge in [0.25, 0.3) is 0 Å². The van der Waals surface area contributed by atoms with Crippen LogP contribution in [0.2, 0.25) is 0 Å². The van der Waals surface area contributed by atoms with Crippen LogP contribution in [0.4, 0.5) is 0 Å². The fourth-order valence-corrected chi connectivity index (χ4v) is 6.09. The first-order chi connectivity index (χ1) is 14.8. The average molecular weight is 421 g/mol. The van der Waals surface area contributed by atoms with Gasteiger partial charge in [0.15, 0.2) is 0 Å². The Kier molecular flexibility index (Phi) is 5.45. The topological polar surface area (TPSA) is 52.6 Å². The fourth-order valence-electron chi connectivity index (χ4n) is 6.09. The number of hydrogen-bond acceptors (Lipinski definition) is 4. The van der Waals surface area contributed by atoms with Crippen molar-refractivity contribution >= 4 is 11.9 Å². The van der Waals surface area contributed by atoms with E-state index < -0.39 is 17.3 Å². The summed E-state index contributed by atoms with van der Waals surface area (Å²) in [6.07, 6.45) is 2.75. The van der Waals surface area contributed by atoms with Crippen LogP contribution in [0.5, 0.6) is 0 Å². The Morgan fingerprint density at radius 2 is 1.39 bits per heavy atom. The Labute approximate surface area is 185 Å². The van der Waals surface area contributed by atoms with Crippen LogP contribution in [0, 0.1) is 17.3 Å². The largest absolute Gasteiger partial charge is 0.469 e. The lowest BCUT2D eigenvalue weighted by Crippen LogP contribution is -2.57. The number of hydrogen-bond donors (Lipinski definition) is 0. The molecular weight excluding hydrogens is 388 g/mol. The van der Waals surface area contributed by atoms with E-state index in [-0.39, 0.29) is 23.3 Å². The average Bonchev–Trinajstić information content (AvgIpc) is 2.77. The van der Waals surface area contributed by atoms with E-state index in [4.69, 9.17) is 9.47 Å². The first kappa shape index (κ1) is 21.6. The van der Waals surface area contributed by atoms with Gasteiger partial charge in [-0.1, -0.05) is 75.7 Å². The van der Waals surface area contributed by atoms with E-state index in [9.17, 15) is 9.59 Å². The summed E-state index contributed by atoms with van der Waals surface area (Å²) >= 11 is 0. The zero-order valence-electron chi connectivity index (χ0n) is 19.1. The third-order valence-electron chi connectivity index (χ3n) is 7.23. The van der Waals surface area contributed by atoms with E-state index in [2.05, 4.69) is 45.0 Å². The van der Waals surface area contributed by atoms with E-state index in [0.717, 1.165) is 41.5 Å². The molecule has 2 aromatic carbocycles. The maximum Gasteiger partial charge on any atom is 0.310 e. The number of fused-ring (bicyclic) bond motifs is 1. The van der Waals surface area contributed by atoms with Crippen molar-refractivity contribution in [1.82, 2.24) is 0 Å². The van der Waals surface area contributed by atoms with Gasteiger partial charge in [-0.25, -0.2) is 0 Å². The SMILES string of the molecule is COC(=O)C1C2c3ccccc3C(CCCC(C)(C)C)(c3ccccc32)C1C(=O)OC. The van der Waals surface area contributed by atoms with Crippen molar-refractivity contribution in [2.75, 3.05) is 14.2 Å². The lowest BCUT2D eigenvalue weighted by molar-refractivity contribution is -0.163. The fraction of sp³-hybridized carbons (Fsp3) is 0.481. The maximum atomic E-state index is 13.3. The van der Waals surface area contributed by atoms with E-state index in [1.165, 1.54) is 14.2 Å². The molecule has 4 nitrogen and oxygen atoms in total. The summed E-state index contributed by atoms with van der Waals surface area (Å²) in [5.41, 5.74) is 4.15. The highest BCUT2D eigenvalue weighted by atomic mass is 16.5. The Hall–Kier alpha value is -2.62. The number of carbonyl (C=O) groups is 2. The molecule has 0 saturated heterocycles. The molecule has 0 N–H and O–H groups in total. The Bertz CT molecular complexity index is 953. The number of esters is 2. The molecule has 31 heavy (non-hydrogen) atoms. The van der Waals surface area contributed by atoms with Gasteiger partial charge in [0.05, 0.1) is 26.1 Å². The molecule has 4 heteroatoms. The van der Waals surface area contributed by atoms with Crippen molar-refractivity contribution < 1.29 is 19.1 Å². The van der Waals surface area contributed by atoms with Crippen LogP contribution in [0.15, 0.2) is 48.5 Å². The molecule has 2 atom stereocenters. The minimum atomic E-state index is -0.612. The highest BCUT2D eigenvalue weighted by molar-refractivity contribution is 5.89. The van der Waals surface area contributed by atoms with Gasteiger partial charge in [-0.15, -0.1) is 0 Å². The van der Waals surface area contributed by atoms with Crippen LogP contribution in [0.3, 0.4) is 0 Å². The molecule has 3 aliphatic rings. The standard InChI is InChI=1S/C27H32O4/c1-26(2,3)15-10-16-27-19-13-8-6-11-17(19)21(18-12-7-9-14-20(18)27)22(24(28)30-4)23(27)25(29)31-5/h6-9,11-14,21-23H,10,15-16H2,1-5H3. The summed E-state index contributed by atoms with van der Waals surface area (Å²) in [5.74, 6) is -2.10. The molecule has 5 rings (SSSR count). The van der Waals surface area contributed by atoms with Crippen LogP contribution in [0.1, 0.15) is 68.2 Å². The minimum absolute atomic E-state index is 0.185. The van der Waals surface area contributed by atoms with Crippen molar-refractivity contribution in [3.8, 4) is 0 Å². The predicted molar refractivity (Wildman–Crippen MR) is 120 cm³/mol. The molecule has 0 radical (unpaired) electrons. The summed E-state index contributed by atoms with van der Waals surface area (Å²) in [7, 11) is 2.82. The summed E-state index contributed by atoms with van der Waals surface area (Å²) in [6, 6.07) is 16.6. The monoisotopic (exact) mass is 420 g/mol. The van der Waals surface area contributed by atoms with Gasteiger partial charge in [0.2, 0.25) is 0 Å². The third kappa shape index (κ3) is 3.28. The Morgan fingerprint density at radius 1 is 0.871 bits per heavy atom. The molecule has 2 bridgehead atoms. The molecule has 2 aromatic rings. The van der Waals surface area contributed by atoms with Crippen molar-refractivity contribution in [3.05, 3.63) is 70.8 Å². The normalized spacial score (nSPS) is 26.0. The minimum Gasteiger partial charge on any atom is -0.469 e. The summed E-state index contributed by atoms with van der Waals surface area (Å²) in [4.78, 5) is 26.5. The lowest BCUT2D eigenvalue weighted by Gasteiger charge is -2.56. The lowest BCUT2D eigenvalue weighted by atomic mass is 9.45. The number of benzene rings is 2. The maximum absolute atomic E-state index is 13.3. The number of methoxy groups -OCH3 is 2. The van der Waals surface area contributed by atoms with Gasteiger partial charge in [0.1, 0.15) is 0 Å². The molecule has 0 aliphatic heterocycles. The van der Waals surface area contributed by atoms with Gasteiger partial charge in [-0.2, -0.15) is 0 Å². The molecule has 3 aliphatic carbocycles. The van der Waals surface area contributed by atoms with Crippen LogP contribution in [-0.2, 0) is 24.5 Å². The van der Waals surface area contributed by atoms with Crippen LogP contribution in [0.25, 0.3) is 0 Å². The second-order valence-electron chi connectivity index (χ2n) is 10.1. The van der Waals surface area contributed by atoms with Crippen molar-refractivity contribution in [2.24, 2.45) is 17.3 Å². The Balaban J connectivity index is 2.00. The third-order valence-corrected chi connectivity index (χ3v) is 7.23. The van der Waals surface area contributed by atoms with Crippen molar-refractivity contribution in [2.45, 2.75) is 51.4 Å². The molecule has 0 saturated carbocycles.